The van der Waals surface area contributed by atoms with Crippen molar-refractivity contribution in [3.05, 3.63) is 30.3 Å². The third kappa shape index (κ3) is 2.56. The number of carbonyl (C=O) groups is 1. The van der Waals surface area contributed by atoms with Crippen LogP contribution in [0.1, 0.15) is 0 Å². The molecule has 0 aliphatic carbocycles. The Kier molecular flexibility index (Phi) is 3.24. The van der Waals surface area contributed by atoms with Gasteiger partial charge in [0.15, 0.2) is 0 Å². The first-order valence-corrected chi connectivity index (χ1v) is 5.87. The van der Waals surface area contributed by atoms with Crippen molar-refractivity contribution >= 4 is 22.0 Å². The molecule has 0 unspecified atom stereocenters. The van der Waals surface area contributed by atoms with Gasteiger partial charge in [-0.05, 0) is 12.1 Å². The zero-order chi connectivity index (χ0) is 10.6. The first kappa shape index (κ1) is 10.7. The van der Waals surface area contributed by atoms with Crippen LogP contribution in [0.25, 0.3) is 0 Å². The van der Waals surface area contributed by atoms with Crippen LogP contribution >= 0.6 is 0 Å². The number of rotatable bonds is 4. The Balaban J connectivity index is 3.07. The van der Waals surface area contributed by atoms with E-state index in [4.69, 9.17) is 0 Å². The molecule has 4 nitrogen and oxygen atoms in total. The number of hydrogen-bond acceptors (Lipinski definition) is 3. The number of aldehydes is 1. The molecule has 14 heavy (non-hydrogen) atoms. The summed E-state index contributed by atoms with van der Waals surface area (Å²) in [6.45, 7) is -0.150. The largest absolute Gasteiger partial charge is 0.301 e. The van der Waals surface area contributed by atoms with Gasteiger partial charge in [0.1, 0.15) is 6.29 Å². The molecule has 0 bridgehead atoms. The molecule has 1 aromatic rings. The first-order valence-electron chi connectivity index (χ1n) is 4.02. The van der Waals surface area contributed by atoms with Crippen LogP contribution in [0.2, 0.25) is 0 Å². The summed E-state index contributed by atoms with van der Waals surface area (Å²) in [5.74, 6) is 0. The van der Waals surface area contributed by atoms with E-state index in [9.17, 15) is 13.2 Å². The summed E-state index contributed by atoms with van der Waals surface area (Å²) in [6.07, 6.45) is 1.64. The number of benzene rings is 1. The summed E-state index contributed by atoms with van der Waals surface area (Å²) in [5.41, 5.74) is 0.502. The minimum atomic E-state index is -3.38. The van der Waals surface area contributed by atoms with Gasteiger partial charge in [-0.15, -0.1) is 0 Å². The van der Waals surface area contributed by atoms with Gasteiger partial charge in [-0.2, -0.15) is 0 Å². The van der Waals surface area contributed by atoms with Gasteiger partial charge >= 0.3 is 0 Å². The maximum atomic E-state index is 11.3. The number of nitrogens with zero attached hydrogens (tertiary/aromatic N) is 1. The zero-order valence-corrected chi connectivity index (χ0v) is 8.57. The second-order valence-electron chi connectivity index (χ2n) is 2.80. The van der Waals surface area contributed by atoms with Crippen molar-refractivity contribution in [1.29, 1.82) is 0 Å². The fourth-order valence-electron chi connectivity index (χ4n) is 1.09. The van der Waals surface area contributed by atoms with Crippen molar-refractivity contribution < 1.29 is 13.2 Å². The molecule has 0 fully saturated rings. The fourth-order valence-corrected chi connectivity index (χ4v) is 1.93. The third-order valence-corrected chi connectivity index (χ3v) is 2.85. The fraction of sp³-hybridized carbons (Fsp3) is 0.222. The molecule has 1 aromatic carbocycles. The average Bonchev–Trinajstić information content (AvgIpc) is 2.14. The van der Waals surface area contributed by atoms with Gasteiger partial charge in [-0.3, -0.25) is 4.31 Å². The maximum absolute atomic E-state index is 11.3. The minimum Gasteiger partial charge on any atom is -0.301 e. The van der Waals surface area contributed by atoms with E-state index in [0.717, 1.165) is 10.6 Å². The van der Waals surface area contributed by atoms with E-state index >= 15 is 0 Å². The summed E-state index contributed by atoms with van der Waals surface area (Å²) >= 11 is 0. The van der Waals surface area contributed by atoms with Gasteiger partial charge in [-0.25, -0.2) is 8.42 Å². The van der Waals surface area contributed by atoms with Crippen molar-refractivity contribution in [2.45, 2.75) is 0 Å². The van der Waals surface area contributed by atoms with Crippen LogP contribution in [-0.2, 0) is 14.8 Å². The first-order chi connectivity index (χ1) is 6.55. The smallest absolute Gasteiger partial charge is 0.232 e. The number of para-hydroxylation sites is 1. The summed E-state index contributed by atoms with van der Waals surface area (Å²) in [7, 11) is -3.38. The van der Waals surface area contributed by atoms with Gasteiger partial charge in [0.25, 0.3) is 0 Å². The molecule has 0 spiro atoms. The Hall–Kier alpha value is -1.36. The van der Waals surface area contributed by atoms with Crippen LogP contribution in [0, 0.1) is 0 Å². The average molecular weight is 213 g/mol. The predicted molar refractivity (Wildman–Crippen MR) is 54.7 cm³/mol. The van der Waals surface area contributed by atoms with Crippen molar-refractivity contribution in [1.82, 2.24) is 0 Å². The molecular weight excluding hydrogens is 202 g/mol. The standard InChI is InChI=1S/C9H11NO3S/c1-14(12,13)10(7-8-11)9-5-3-2-4-6-9/h2-6,8H,7H2,1H3. The lowest BCUT2D eigenvalue weighted by Gasteiger charge is -2.19. The quantitative estimate of drug-likeness (QED) is 0.690. The van der Waals surface area contributed by atoms with Crippen LogP contribution in [-0.4, -0.2) is 27.5 Å². The maximum Gasteiger partial charge on any atom is 0.232 e. The molecule has 0 aromatic heterocycles. The normalized spacial score (nSPS) is 10.9. The van der Waals surface area contributed by atoms with Crippen LogP contribution in [0.3, 0.4) is 0 Å². The lowest BCUT2D eigenvalue weighted by molar-refractivity contribution is -0.106. The van der Waals surface area contributed by atoms with E-state index in [-0.39, 0.29) is 6.54 Å². The highest BCUT2D eigenvalue weighted by atomic mass is 32.2. The Bertz CT molecular complexity index is 399. The van der Waals surface area contributed by atoms with Gasteiger partial charge in [0.05, 0.1) is 18.5 Å². The third-order valence-electron chi connectivity index (χ3n) is 1.68. The molecule has 0 amide bonds. The molecule has 0 heterocycles. The number of carbonyl (C=O) groups excluding carboxylic acids is 1. The Labute approximate surface area is 83.2 Å². The molecule has 76 valence electrons. The lowest BCUT2D eigenvalue weighted by atomic mass is 10.3. The van der Waals surface area contributed by atoms with Crippen molar-refractivity contribution in [2.75, 3.05) is 17.1 Å². The van der Waals surface area contributed by atoms with E-state index in [2.05, 4.69) is 0 Å². The number of sulfonamides is 1. The summed E-state index contributed by atoms with van der Waals surface area (Å²) in [4.78, 5) is 10.3. The molecule has 0 saturated carbocycles. The Morgan fingerprint density at radius 1 is 1.29 bits per heavy atom. The van der Waals surface area contributed by atoms with Gasteiger partial charge in [0, 0.05) is 0 Å². The highest BCUT2D eigenvalue weighted by molar-refractivity contribution is 7.92. The van der Waals surface area contributed by atoms with Gasteiger partial charge < -0.3 is 4.79 Å². The molecule has 0 atom stereocenters. The SMILES string of the molecule is CS(=O)(=O)N(CC=O)c1ccccc1. The lowest BCUT2D eigenvalue weighted by Crippen LogP contribution is -2.31. The predicted octanol–water partition coefficient (Wildman–Crippen LogP) is 0.651. The molecule has 0 aliphatic rings. The Morgan fingerprint density at radius 2 is 1.86 bits per heavy atom. The highest BCUT2D eigenvalue weighted by Crippen LogP contribution is 2.15. The van der Waals surface area contributed by atoms with Crippen molar-refractivity contribution in [3.8, 4) is 0 Å². The molecule has 0 saturated heterocycles. The highest BCUT2D eigenvalue weighted by Gasteiger charge is 2.15. The van der Waals surface area contributed by atoms with E-state index in [1.807, 2.05) is 0 Å². The number of hydrogen-bond donors (Lipinski definition) is 0. The molecular formula is C9H11NO3S. The van der Waals surface area contributed by atoms with Gasteiger partial charge in [0.2, 0.25) is 10.0 Å². The molecule has 5 heteroatoms. The Morgan fingerprint density at radius 3 is 2.29 bits per heavy atom. The summed E-state index contributed by atoms with van der Waals surface area (Å²) in [6, 6.07) is 8.51. The van der Waals surface area contributed by atoms with E-state index in [0.29, 0.717) is 12.0 Å². The summed E-state index contributed by atoms with van der Waals surface area (Å²) in [5, 5.41) is 0. The van der Waals surface area contributed by atoms with Crippen LogP contribution in [0.4, 0.5) is 5.69 Å². The van der Waals surface area contributed by atoms with Crippen LogP contribution < -0.4 is 4.31 Å². The molecule has 0 radical (unpaired) electrons. The van der Waals surface area contributed by atoms with Gasteiger partial charge in [-0.1, -0.05) is 18.2 Å². The van der Waals surface area contributed by atoms with Crippen molar-refractivity contribution in [2.24, 2.45) is 0 Å². The topological polar surface area (TPSA) is 54.5 Å². The van der Waals surface area contributed by atoms with Crippen LogP contribution in [0.15, 0.2) is 30.3 Å². The zero-order valence-electron chi connectivity index (χ0n) is 7.75. The van der Waals surface area contributed by atoms with E-state index in [1.165, 1.54) is 0 Å². The van der Waals surface area contributed by atoms with Crippen molar-refractivity contribution in [3.63, 3.8) is 0 Å². The number of anilines is 1. The second kappa shape index (κ2) is 4.23. The molecule has 0 N–H and O–H groups in total. The molecule has 0 aliphatic heterocycles. The minimum absolute atomic E-state index is 0.150. The second-order valence-corrected chi connectivity index (χ2v) is 4.70. The monoisotopic (exact) mass is 213 g/mol. The molecule has 1 rings (SSSR count). The van der Waals surface area contributed by atoms with Crippen LogP contribution in [0.5, 0.6) is 0 Å². The summed E-state index contributed by atoms with van der Waals surface area (Å²) < 4.78 is 23.6. The van der Waals surface area contributed by atoms with E-state index < -0.39 is 10.0 Å². The van der Waals surface area contributed by atoms with E-state index in [1.54, 1.807) is 30.3 Å².